The zero-order valence-corrected chi connectivity index (χ0v) is 27.6. The zero-order valence-electron chi connectivity index (χ0n) is 26.8. The lowest BCUT2D eigenvalue weighted by Gasteiger charge is -2.26. The minimum absolute atomic E-state index is 0.00699. The van der Waals surface area contributed by atoms with E-state index in [2.05, 4.69) is 0 Å². The third-order valence-corrected chi connectivity index (χ3v) is 8.83. The van der Waals surface area contributed by atoms with E-state index in [0.717, 1.165) is 5.56 Å². The van der Waals surface area contributed by atoms with Gasteiger partial charge in [-0.2, -0.15) is 0 Å². The lowest BCUT2D eigenvalue weighted by Crippen LogP contribution is -2.40. The standard InChI is InChI=1S/C37H31N3O8S/c1-4-47-36(42)32-33(24-10-6-5-7-11-24)38-37-39(34(32)26-16-19-29(45-2)30(20-26)46-3)35(41)31(49-37)21-25-12-8-9-13-28(25)48-22-23-14-17-27(18-15-23)40(43)44/h5-21,34H,4,22H2,1-3H3/b31-21+/t34-/m0/s1. The van der Waals surface area contributed by atoms with Gasteiger partial charge < -0.3 is 18.9 Å². The van der Waals surface area contributed by atoms with E-state index in [9.17, 15) is 19.7 Å². The number of carbonyl (C=O) groups is 1. The fraction of sp³-hybridized carbons (Fsp3) is 0.162. The summed E-state index contributed by atoms with van der Waals surface area (Å²) in [6.45, 7) is 2.01. The van der Waals surface area contributed by atoms with Crippen molar-refractivity contribution in [1.29, 1.82) is 0 Å². The van der Waals surface area contributed by atoms with Crippen LogP contribution < -0.4 is 29.1 Å². The number of thiazole rings is 1. The Bertz CT molecular complexity index is 2240. The normalized spacial score (nSPS) is 14.1. The molecule has 1 atom stereocenters. The third-order valence-electron chi connectivity index (χ3n) is 7.84. The molecule has 0 spiro atoms. The fourth-order valence-electron chi connectivity index (χ4n) is 5.53. The highest BCUT2D eigenvalue weighted by Crippen LogP contribution is 2.38. The first kappa shape index (κ1) is 32.9. The molecule has 5 aromatic rings. The Labute approximate surface area is 284 Å². The minimum Gasteiger partial charge on any atom is -0.493 e. The number of fused-ring (bicyclic) bond motifs is 1. The average molecular weight is 678 g/mol. The summed E-state index contributed by atoms with van der Waals surface area (Å²) in [7, 11) is 3.05. The van der Waals surface area contributed by atoms with E-state index in [0.29, 0.717) is 49.0 Å². The first-order valence-electron chi connectivity index (χ1n) is 15.3. The highest BCUT2D eigenvalue weighted by atomic mass is 32.1. The second-order valence-electron chi connectivity index (χ2n) is 10.8. The smallest absolute Gasteiger partial charge is 0.338 e. The van der Waals surface area contributed by atoms with E-state index in [-0.39, 0.29) is 30.0 Å². The molecule has 248 valence electrons. The molecule has 0 radical (unpaired) electrons. The first-order valence-corrected chi connectivity index (χ1v) is 16.1. The van der Waals surface area contributed by atoms with Gasteiger partial charge in [0.25, 0.3) is 11.2 Å². The van der Waals surface area contributed by atoms with Crippen molar-refractivity contribution in [3.63, 3.8) is 0 Å². The molecule has 49 heavy (non-hydrogen) atoms. The van der Waals surface area contributed by atoms with Crippen LogP contribution in [-0.4, -0.2) is 36.3 Å². The van der Waals surface area contributed by atoms with E-state index in [4.69, 9.17) is 23.9 Å². The van der Waals surface area contributed by atoms with Gasteiger partial charge in [-0.25, -0.2) is 9.79 Å². The van der Waals surface area contributed by atoms with Crippen LogP contribution in [0.25, 0.3) is 11.8 Å². The SMILES string of the molecule is CCOC(=O)C1=C(c2ccccc2)N=c2s/c(=C/c3ccccc3OCc3ccc([N+](=O)[O-])cc3)c(=O)n2[C@H]1c1ccc(OC)c(OC)c1. The van der Waals surface area contributed by atoms with Crippen molar-refractivity contribution in [2.45, 2.75) is 19.6 Å². The fourth-order valence-corrected chi connectivity index (χ4v) is 6.52. The van der Waals surface area contributed by atoms with Crippen molar-refractivity contribution < 1.29 is 28.7 Å². The maximum atomic E-state index is 14.4. The molecule has 4 aromatic carbocycles. The number of aromatic nitrogens is 1. The third kappa shape index (κ3) is 6.72. The number of benzene rings is 4. The summed E-state index contributed by atoms with van der Waals surface area (Å²) >= 11 is 1.19. The largest absolute Gasteiger partial charge is 0.493 e. The van der Waals surface area contributed by atoms with Crippen LogP contribution in [0.1, 0.15) is 35.2 Å². The summed E-state index contributed by atoms with van der Waals surface area (Å²) in [5.41, 5.74) is 2.93. The van der Waals surface area contributed by atoms with Gasteiger partial charge in [-0.1, -0.05) is 65.9 Å². The molecule has 11 nitrogen and oxygen atoms in total. The highest BCUT2D eigenvalue weighted by molar-refractivity contribution is 7.07. The number of non-ortho nitro benzene ring substituents is 1. The van der Waals surface area contributed by atoms with E-state index in [1.807, 2.05) is 48.5 Å². The number of hydrogen-bond acceptors (Lipinski definition) is 10. The maximum Gasteiger partial charge on any atom is 0.338 e. The Balaban J connectivity index is 1.51. The molecule has 0 saturated carbocycles. The lowest BCUT2D eigenvalue weighted by atomic mass is 9.93. The van der Waals surface area contributed by atoms with Crippen LogP contribution in [-0.2, 0) is 16.1 Å². The van der Waals surface area contributed by atoms with Crippen molar-refractivity contribution in [2.75, 3.05) is 20.8 Å². The van der Waals surface area contributed by atoms with Crippen LogP contribution in [0.4, 0.5) is 5.69 Å². The Kier molecular flexibility index (Phi) is 9.67. The number of carbonyl (C=O) groups excluding carboxylic acids is 1. The van der Waals surface area contributed by atoms with E-state index in [1.54, 1.807) is 49.4 Å². The molecule has 0 aliphatic carbocycles. The molecular weight excluding hydrogens is 646 g/mol. The zero-order chi connectivity index (χ0) is 34.5. The summed E-state index contributed by atoms with van der Waals surface area (Å²) in [6, 6.07) is 27.1. The number of nitro groups is 1. The molecule has 12 heteroatoms. The summed E-state index contributed by atoms with van der Waals surface area (Å²) in [5.74, 6) is 0.848. The van der Waals surface area contributed by atoms with Crippen molar-refractivity contribution >= 4 is 34.8 Å². The van der Waals surface area contributed by atoms with E-state index >= 15 is 0 Å². The van der Waals surface area contributed by atoms with Gasteiger partial charge in [-0.3, -0.25) is 19.5 Å². The van der Waals surface area contributed by atoms with Crippen LogP contribution >= 0.6 is 11.3 Å². The molecule has 0 amide bonds. The average Bonchev–Trinajstić information content (AvgIpc) is 3.44. The Morgan fingerprint density at radius 2 is 1.65 bits per heavy atom. The number of para-hydroxylation sites is 1. The van der Waals surface area contributed by atoms with Crippen molar-refractivity contribution in [1.82, 2.24) is 4.57 Å². The molecular formula is C37H31N3O8S. The number of ether oxygens (including phenoxy) is 4. The van der Waals surface area contributed by atoms with Gasteiger partial charge >= 0.3 is 5.97 Å². The molecule has 1 aliphatic heterocycles. The van der Waals surface area contributed by atoms with Gasteiger partial charge in [0, 0.05) is 23.3 Å². The molecule has 0 bridgehead atoms. The molecule has 0 unspecified atom stereocenters. The lowest BCUT2D eigenvalue weighted by molar-refractivity contribution is -0.384. The number of nitro benzene ring substituents is 1. The minimum atomic E-state index is -0.902. The number of hydrogen-bond donors (Lipinski definition) is 0. The highest BCUT2D eigenvalue weighted by Gasteiger charge is 2.35. The molecule has 0 saturated heterocycles. The van der Waals surface area contributed by atoms with Gasteiger partial charge in [0.2, 0.25) is 0 Å². The van der Waals surface area contributed by atoms with Gasteiger partial charge in [0.05, 0.1) is 47.6 Å². The van der Waals surface area contributed by atoms with Crippen molar-refractivity contribution in [3.05, 3.63) is 155 Å². The van der Waals surface area contributed by atoms with Gasteiger partial charge in [0.1, 0.15) is 12.4 Å². The second kappa shape index (κ2) is 14.4. The summed E-state index contributed by atoms with van der Waals surface area (Å²) in [5, 5.41) is 11.0. The van der Waals surface area contributed by atoms with Gasteiger partial charge in [0.15, 0.2) is 16.3 Å². The maximum absolute atomic E-state index is 14.4. The predicted octanol–water partition coefficient (Wildman–Crippen LogP) is 5.44. The number of rotatable bonds is 11. The first-order chi connectivity index (χ1) is 23.8. The molecule has 2 heterocycles. The van der Waals surface area contributed by atoms with Crippen LogP contribution in [0.3, 0.4) is 0 Å². The Hall–Kier alpha value is -6.01. The molecule has 1 aromatic heterocycles. The monoisotopic (exact) mass is 677 g/mol. The molecule has 1 aliphatic rings. The number of methoxy groups -OCH3 is 2. The molecule has 0 fully saturated rings. The topological polar surface area (TPSA) is 131 Å². The molecule has 6 rings (SSSR count). The Morgan fingerprint density at radius 1 is 0.939 bits per heavy atom. The second-order valence-corrected chi connectivity index (χ2v) is 11.8. The van der Waals surface area contributed by atoms with Crippen LogP contribution in [0.2, 0.25) is 0 Å². The van der Waals surface area contributed by atoms with Crippen LogP contribution in [0.5, 0.6) is 17.2 Å². The van der Waals surface area contributed by atoms with Crippen LogP contribution in [0.15, 0.2) is 112 Å². The van der Waals surface area contributed by atoms with Crippen LogP contribution in [0, 0.1) is 10.1 Å². The molecule has 0 N–H and O–H groups in total. The summed E-state index contributed by atoms with van der Waals surface area (Å²) < 4.78 is 24.6. The van der Waals surface area contributed by atoms with E-state index < -0.39 is 16.9 Å². The van der Waals surface area contributed by atoms with E-state index in [1.165, 1.54) is 42.3 Å². The van der Waals surface area contributed by atoms with Gasteiger partial charge in [-0.15, -0.1) is 0 Å². The van der Waals surface area contributed by atoms with Crippen molar-refractivity contribution in [2.24, 2.45) is 4.99 Å². The summed E-state index contributed by atoms with van der Waals surface area (Å²) in [4.78, 5) is 44.0. The van der Waals surface area contributed by atoms with Crippen molar-refractivity contribution in [3.8, 4) is 17.2 Å². The predicted molar refractivity (Wildman–Crippen MR) is 184 cm³/mol. The number of esters is 1. The quantitative estimate of drug-likeness (QED) is 0.103. The van der Waals surface area contributed by atoms with Gasteiger partial charge in [-0.05, 0) is 54.5 Å². The summed E-state index contributed by atoms with van der Waals surface area (Å²) in [6.07, 6.45) is 1.73. The number of nitrogens with zero attached hydrogens (tertiary/aromatic N) is 3. The Morgan fingerprint density at radius 3 is 2.35 bits per heavy atom.